The van der Waals surface area contributed by atoms with Crippen molar-refractivity contribution >= 4 is 66.7 Å². The van der Waals surface area contributed by atoms with Crippen LogP contribution < -0.4 is 21.0 Å². The second kappa shape index (κ2) is 11.7. The molecule has 1 unspecified atom stereocenters. The number of hydrogen-bond donors (Lipinski definition) is 2. The third kappa shape index (κ3) is 6.15. The van der Waals surface area contributed by atoms with Crippen molar-refractivity contribution in [2.75, 3.05) is 17.3 Å². The maximum absolute atomic E-state index is 13.2. The molecule has 0 saturated heterocycles. The molecular formula is C25H23BrN4O4S2. The van der Waals surface area contributed by atoms with Crippen LogP contribution in [0.3, 0.4) is 0 Å². The van der Waals surface area contributed by atoms with Crippen molar-refractivity contribution in [1.82, 2.24) is 9.66 Å². The zero-order valence-corrected chi connectivity index (χ0v) is 22.7. The molecule has 1 atom stereocenters. The Morgan fingerprint density at radius 2 is 2.00 bits per heavy atom. The van der Waals surface area contributed by atoms with E-state index in [-0.39, 0.29) is 17.7 Å². The normalized spacial score (nSPS) is 11.8. The quantitative estimate of drug-likeness (QED) is 0.207. The number of thiophene rings is 1. The van der Waals surface area contributed by atoms with Gasteiger partial charge in [-0.1, -0.05) is 43.0 Å². The number of ether oxygens (including phenoxy) is 1. The van der Waals surface area contributed by atoms with Gasteiger partial charge in [-0.2, -0.15) is 4.68 Å². The number of hydrogen-bond acceptors (Lipinski definition) is 7. The van der Waals surface area contributed by atoms with Gasteiger partial charge in [-0.25, -0.2) is 4.98 Å². The fourth-order valence-corrected chi connectivity index (χ4v) is 5.46. The van der Waals surface area contributed by atoms with Gasteiger partial charge in [0, 0.05) is 5.69 Å². The van der Waals surface area contributed by atoms with Gasteiger partial charge in [0.1, 0.15) is 10.4 Å². The highest BCUT2D eigenvalue weighted by Crippen LogP contribution is 2.27. The van der Waals surface area contributed by atoms with E-state index >= 15 is 0 Å². The van der Waals surface area contributed by atoms with Crippen LogP contribution in [0.2, 0.25) is 0 Å². The maximum atomic E-state index is 13.2. The Bertz CT molecular complexity index is 1470. The molecule has 0 bridgehead atoms. The Morgan fingerprint density at radius 3 is 2.75 bits per heavy atom. The zero-order chi connectivity index (χ0) is 25.7. The number of nitrogens with zero attached hydrogens (tertiary/aromatic N) is 2. The summed E-state index contributed by atoms with van der Waals surface area (Å²) in [5, 5.41) is 4.35. The summed E-state index contributed by atoms with van der Waals surface area (Å²) in [6, 6.07) is 16.4. The van der Waals surface area contributed by atoms with Gasteiger partial charge in [-0.05, 0) is 70.5 Å². The topological polar surface area (TPSA) is 102 Å². The van der Waals surface area contributed by atoms with Gasteiger partial charge in [-0.3, -0.25) is 19.8 Å². The standard InChI is InChI=1S/C25H23BrN4O4S2/c1-3-20(23(32)27-16-8-6-7-15(2)13-16)36-25-28-18-11-12-35-22(18)24(33)30(25)29-21(31)14-34-19-10-5-4-9-17(19)26/h4-13,20H,3,14H2,1-2H3,(H,27,32)(H,29,31). The largest absolute Gasteiger partial charge is 0.483 e. The highest BCUT2D eigenvalue weighted by Gasteiger charge is 2.23. The highest BCUT2D eigenvalue weighted by molar-refractivity contribution is 9.10. The molecule has 186 valence electrons. The molecule has 0 saturated carbocycles. The predicted molar refractivity (Wildman–Crippen MR) is 148 cm³/mol. The molecule has 2 N–H and O–H groups in total. The molecule has 0 spiro atoms. The number of para-hydroxylation sites is 1. The van der Waals surface area contributed by atoms with Gasteiger partial charge in [0.25, 0.3) is 11.5 Å². The van der Waals surface area contributed by atoms with Crippen LogP contribution in [0, 0.1) is 6.92 Å². The minimum Gasteiger partial charge on any atom is -0.483 e. The number of carbonyl (C=O) groups excluding carboxylic acids is 2. The van der Waals surface area contributed by atoms with E-state index < -0.39 is 16.7 Å². The second-order valence-corrected chi connectivity index (χ2v) is 10.7. The van der Waals surface area contributed by atoms with Crippen LogP contribution in [0.25, 0.3) is 10.2 Å². The van der Waals surface area contributed by atoms with Gasteiger partial charge in [0.15, 0.2) is 11.8 Å². The minimum absolute atomic E-state index is 0.214. The highest BCUT2D eigenvalue weighted by atomic mass is 79.9. The van der Waals surface area contributed by atoms with Gasteiger partial charge in [0.05, 0.1) is 15.2 Å². The van der Waals surface area contributed by atoms with Crippen LogP contribution in [-0.2, 0) is 9.59 Å². The first-order valence-electron chi connectivity index (χ1n) is 11.1. The summed E-state index contributed by atoms with van der Waals surface area (Å²) < 4.78 is 7.78. The van der Waals surface area contributed by atoms with Gasteiger partial charge < -0.3 is 10.1 Å². The summed E-state index contributed by atoms with van der Waals surface area (Å²) in [5.74, 6) is -0.257. The molecule has 0 aliphatic carbocycles. The molecule has 36 heavy (non-hydrogen) atoms. The minimum atomic E-state index is -0.548. The molecule has 2 aromatic carbocycles. The van der Waals surface area contributed by atoms with Crippen LogP contribution in [-0.4, -0.2) is 33.3 Å². The number of halogens is 1. The van der Waals surface area contributed by atoms with E-state index in [4.69, 9.17) is 4.74 Å². The van der Waals surface area contributed by atoms with E-state index in [0.29, 0.717) is 32.5 Å². The summed E-state index contributed by atoms with van der Waals surface area (Å²) in [7, 11) is 0. The second-order valence-electron chi connectivity index (χ2n) is 7.80. The molecule has 0 aliphatic heterocycles. The van der Waals surface area contributed by atoms with Crippen LogP contribution in [0.4, 0.5) is 5.69 Å². The number of aromatic nitrogens is 2. The summed E-state index contributed by atoms with van der Waals surface area (Å²) in [6.45, 7) is 3.51. The summed E-state index contributed by atoms with van der Waals surface area (Å²) >= 11 is 5.73. The molecule has 8 nitrogen and oxygen atoms in total. The summed E-state index contributed by atoms with van der Waals surface area (Å²) in [6.07, 6.45) is 0.485. The lowest BCUT2D eigenvalue weighted by atomic mass is 10.2. The van der Waals surface area contributed by atoms with Crippen molar-refractivity contribution in [2.45, 2.75) is 30.7 Å². The fraction of sp³-hybridized carbons (Fsp3) is 0.200. The molecule has 2 amide bonds. The first kappa shape index (κ1) is 25.9. The Hall–Kier alpha value is -3.15. The summed E-state index contributed by atoms with van der Waals surface area (Å²) in [5.41, 5.74) is 4.40. The Labute approximate surface area is 224 Å². The van der Waals surface area contributed by atoms with E-state index in [9.17, 15) is 14.4 Å². The van der Waals surface area contributed by atoms with Crippen LogP contribution in [0.1, 0.15) is 18.9 Å². The van der Waals surface area contributed by atoms with Crippen LogP contribution in [0.5, 0.6) is 5.75 Å². The van der Waals surface area contributed by atoms with Gasteiger partial charge in [0.2, 0.25) is 5.91 Å². The molecule has 2 heterocycles. The number of anilines is 1. The van der Waals surface area contributed by atoms with E-state index in [1.807, 2.05) is 44.2 Å². The number of aryl methyl sites for hydroxylation is 1. The lowest BCUT2D eigenvalue weighted by molar-refractivity contribution is -0.119. The maximum Gasteiger partial charge on any atom is 0.291 e. The molecule has 0 radical (unpaired) electrons. The SMILES string of the molecule is CCC(Sc1nc2ccsc2c(=O)n1NC(=O)COc1ccccc1Br)C(=O)Nc1cccc(C)c1. The molecule has 2 aromatic heterocycles. The zero-order valence-electron chi connectivity index (χ0n) is 19.5. The Balaban J connectivity index is 1.56. The van der Waals surface area contributed by atoms with E-state index in [1.54, 1.807) is 29.6 Å². The van der Waals surface area contributed by atoms with Crippen molar-refractivity contribution in [3.8, 4) is 5.75 Å². The first-order valence-corrected chi connectivity index (χ1v) is 13.6. The predicted octanol–water partition coefficient (Wildman–Crippen LogP) is 5.19. The van der Waals surface area contributed by atoms with E-state index in [2.05, 4.69) is 31.7 Å². The number of carbonyl (C=O) groups is 2. The number of fused-ring (bicyclic) bond motifs is 1. The molecule has 4 rings (SSSR count). The van der Waals surface area contributed by atoms with Crippen molar-refractivity contribution in [1.29, 1.82) is 0 Å². The number of nitrogens with one attached hydrogen (secondary N) is 2. The molecule has 4 aromatic rings. The monoisotopic (exact) mass is 586 g/mol. The number of rotatable bonds is 9. The van der Waals surface area contributed by atoms with E-state index in [1.165, 1.54) is 11.3 Å². The molecular weight excluding hydrogens is 564 g/mol. The third-order valence-corrected chi connectivity index (χ3v) is 7.94. The third-order valence-electron chi connectivity index (χ3n) is 5.08. The van der Waals surface area contributed by atoms with Gasteiger partial charge in [-0.15, -0.1) is 11.3 Å². The molecule has 0 fully saturated rings. The lowest BCUT2D eigenvalue weighted by Gasteiger charge is -2.18. The number of thioether (sulfide) groups is 1. The van der Waals surface area contributed by atoms with Crippen molar-refractivity contribution < 1.29 is 14.3 Å². The van der Waals surface area contributed by atoms with Crippen molar-refractivity contribution in [2.24, 2.45) is 0 Å². The average Bonchev–Trinajstić information content (AvgIpc) is 3.33. The fourth-order valence-electron chi connectivity index (χ4n) is 3.33. The van der Waals surface area contributed by atoms with Crippen molar-refractivity contribution in [3.63, 3.8) is 0 Å². The summed E-state index contributed by atoms with van der Waals surface area (Å²) in [4.78, 5) is 43.5. The van der Waals surface area contributed by atoms with Gasteiger partial charge >= 0.3 is 0 Å². The Morgan fingerprint density at radius 1 is 1.19 bits per heavy atom. The number of amides is 2. The first-order chi connectivity index (χ1) is 17.4. The number of benzene rings is 2. The molecule has 11 heteroatoms. The van der Waals surface area contributed by atoms with Crippen LogP contribution >= 0.6 is 39.0 Å². The molecule has 0 aliphatic rings. The van der Waals surface area contributed by atoms with Crippen molar-refractivity contribution in [3.05, 3.63) is 80.4 Å². The average molecular weight is 588 g/mol. The Kier molecular flexibility index (Phi) is 8.44. The van der Waals surface area contributed by atoms with E-state index in [0.717, 1.165) is 22.0 Å². The smallest absolute Gasteiger partial charge is 0.291 e. The van der Waals surface area contributed by atoms with Crippen LogP contribution in [0.15, 0.2) is 74.4 Å². The lowest BCUT2D eigenvalue weighted by Crippen LogP contribution is -2.37.